The first-order valence-corrected chi connectivity index (χ1v) is 9.80. The number of carbonyl (C=O) groups excluding carboxylic acids is 1. The highest BCUT2D eigenvalue weighted by atomic mass is 16.2. The number of piperidine rings is 1. The Morgan fingerprint density at radius 2 is 1.78 bits per heavy atom. The van der Waals surface area contributed by atoms with E-state index in [1.807, 2.05) is 0 Å². The van der Waals surface area contributed by atoms with E-state index in [2.05, 4.69) is 32.7 Å². The van der Waals surface area contributed by atoms with Crippen LogP contribution in [0.3, 0.4) is 0 Å². The van der Waals surface area contributed by atoms with Crippen molar-refractivity contribution < 1.29 is 4.79 Å². The lowest BCUT2D eigenvalue weighted by atomic mass is 9.45. The summed E-state index contributed by atoms with van der Waals surface area (Å²) in [6, 6.07) is 0.862. The van der Waals surface area contributed by atoms with E-state index in [1.165, 1.54) is 32.1 Å². The summed E-state index contributed by atoms with van der Waals surface area (Å²) in [4.78, 5) is 14.3. The van der Waals surface area contributed by atoms with Gasteiger partial charge in [-0.25, -0.2) is 0 Å². The molecule has 0 bridgehead atoms. The van der Waals surface area contributed by atoms with Gasteiger partial charge in [0.05, 0.1) is 0 Å². The minimum atomic E-state index is 0.327. The molecule has 0 aromatic carbocycles. The molecule has 4 aliphatic rings. The van der Waals surface area contributed by atoms with Gasteiger partial charge in [0.15, 0.2) is 0 Å². The molecule has 1 amide bonds. The third kappa shape index (κ3) is 1.95. The fourth-order valence-corrected chi connectivity index (χ4v) is 7.50. The molecule has 1 aliphatic heterocycles. The molecular formula is C20H34N2O. The SMILES string of the molecule is C[C@H]1C[C@H]2N(C)C(=O)CC[C@]2(C)[C@H]2CC[C@]3(C)[C@@H](N)CC[C@H]3[C@H]12. The zero-order chi connectivity index (χ0) is 16.6. The number of rotatable bonds is 0. The number of hydrogen-bond acceptors (Lipinski definition) is 2. The second-order valence-corrected chi connectivity index (χ2v) is 9.76. The zero-order valence-electron chi connectivity index (χ0n) is 15.3. The van der Waals surface area contributed by atoms with Crippen LogP contribution in [0.15, 0.2) is 0 Å². The van der Waals surface area contributed by atoms with Crippen molar-refractivity contribution in [1.29, 1.82) is 0 Å². The lowest BCUT2D eigenvalue weighted by molar-refractivity contribution is -0.165. The molecule has 3 heteroatoms. The van der Waals surface area contributed by atoms with Gasteiger partial charge in [-0.15, -0.1) is 0 Å². The van der Waals surface area contributed by atoms with Crippen LogP contribution in [0, 0.1) is 34.5 Å². The third-order valence-electron chi connectivity index (χ3n) is 9.00. The van der Waals surface area contributed by atoms with Crippen molar-refractivity contribution in [3.63, 3.8) is 0 Å². The molecule has 3 nitrogen and oxygen atoms in total. The first-order chi connectivity index (χ1) is 10.8. The molecule has 130 valence electrons. The van der Waals surface area contributed by atoms with Gasteiger partial charge < -0.3 is 10.6 Å². The minimum absolute atomic E-state index is 0.327. The van der Waals surface area contributed by atoms with Gasteiger partial charge in [0.2, 0.25) is 5.91 Å². The first-order valence-electron chi connectivity index (χ1n) is 9.80. The summed E-state index contributed by atoms with van der Waals surface area (Å²) >= 11 is 0. The summed E-state index contributed by atoms with van der Waals surface area (Å²) in [5.74, 6) is 3.51. The summed E-state index contributed by atoms with van der Waals surface area (Å²) in [6.45, 7) is 7.44. The van der Waals surface area contributed by atoms with Crippen LogP contribution in [0.25, 0.3) is 0 Å². The van der Waals surface area contributed by atoms with Crippen LogP contribution >= 0.6 is 0 Å². The molecule has 1 heterocycles. The van der Waals surface area contributed by atoms with Crippen LogP contribution in [-0.2, 0) is 4.79 Å². The number of fused-ring (bicyclic) bond motifs is 5. The molecule has 0 aromatic heterocycles. The van der Waals surface area contributed by atoms with E-state index in [4.69, 9.17) is 5.73 Å². The van der Waals surface area contributed by atoms with Gasteiger partial charge in [-0.3, -0.25) is 4.79 Å². The van der Waals surface area contributed by atoms with E-state index in [9.17, 15) is 4.79 Å². The average molecular weight is 319 g/mol. The van der Waals surface area contributed by atoms with E-state index in [0.717, 1.165) is 36.5 Å². The fraction of sp³-hybridized carbons (Fsp3) is 0.950. The Morgan fingerprint density at radius 3 is 2.52 bits per heavy atom. The van der Waals surface area contributed by atoms with Gasteiger partial charge in [-0.2, -0.15) is 0 Å². The van der Waals surface area contributed by atoms with E-state index >= 15 is 0 Å². The van der Waals surface area contributed by atoms with E-state index in [0.29, 0.717) is 28.8 Å². The maximum absolute atomic E-state index is 12.2. The predicted molar refractivity (Wildman–Crippen MR) is 92.7 cm³/mol. The number of nitrogens with zero attached hydrogens (tertiary/aromatic N) is 1. The third-order valence-corrected chi connectivity index (χ3v) is 9.00. The Bertz CT molecular complexity index is 520. The molecule has 8 atom stereocenters. The van der Waals surface area contributed by atoms with Crippen LogP contribution in [-0.4, -0.2) is 29.9 Å². The largest absolute Gasteiger partial charge is 0.342 e. The molecule has 1 saturated heterocycles. The van der Waals surface area contributed by atoms with Crippen molar-refractivity contribution in [3.8, 4) is 0 Å². The molecule has 3 saturated carbocycles. The molecule has 4 rings (SSSR count). The van der Waals surface area contributed by atoms with E-state index in [-0.39, 0.29) is 0 Å². The standard InChI is InChI=1S/C20H34N2O/c1-12-11-16-20(3,10-8-17(23)22(16)4)14-7-9-19(2)13(18(12)14)5-6-15(19)21/h12-16,18H,5-11,21H2,1-4H3/t12-,13-,14-,15-,16+,18-,19-,20+/m0/s1. The molecule has 3 aliphatic carbocycles. The van der Waals surface area contributed by atoms with Crippen molar-refractivity contribution in [2.45, 2.75) is 77.8 Å². The highest BCUT2D eigenvalue weighted by Gasteiger charge is 2.62. The summed E-state index contributed by atoms with van der Waals surface area (Å²) < 4.78 is 0. The molecule has 0 aromatic rings. The number of amides is 1. The molecule has 0 radical (unpaired) electrons. The van der Waals surface area contributed by atoms with Crippen molar-refractivity contribution in [2.24, 2.45) is 40.2 Å². The summed E-state index contributed by atoms with van der Waals surface area (Å²) in [6.07, 6.45) is 8.22. The van der Waals surface area contributed by atoms with E-state index < -0.39 is 0 Å². The molecule has 4 fully saturated rings. The average Bonchev–Trinajstić information content (AvgIpc) is 2.82. The van der Waals surface area contributed by atoms with Crippen molar-refractivity contribution in [1.82, 2.24) is 4.90 Å². The lowest BCUT2D eigenvalue weighted by Gasteiger charge is -2.63. The monoisotopic (exact) mass is 318 g/mol. The van der Waals surface area contributed by atoms with Gasteiger partial charge in [-0.1, -0.05) is 20.8 Å². The smallest absolute Gasteiger partial charge is 0.222 e. The molecule has 23 heavy (non-hydrogen) atoms. The van der Waals surface area contributed by atoms with Gasteiger partial charge in [0.25, 0.3) is 0 Å². The maximum Gasteiger partial charge on any atom is 0.222 e. The van der Waals surface area contributed by atoms with Crippen molar-refractivity contribution >= 4 is 5.91 Å². The van der Waals surface area contributed by atoms with Gasteiger partial charge in [0.1, 0.15) is 0 Å². The highest BCUT2D eigenvalue weighted by molar-refractivity contribution is 5.77. The minimum Gasteiger partial charge on any atom is -0.342 e. The summed E-state index contributed by atoms with van der Waals surface area (Å²) in [7, 11) is 2.05. The van der Waals surface area contributed by atoms with Gasteiger partial charge in [-0.05, 0) is 73.0 Å². The quantitative estimate of drug-likeness (QED) is 0.744. The molecule has 2 N–H and O–H groups in total. The van der Waals surface area contributed by atoms with Crippen LogP contribution < -0.4 is 5.73 Å². The Kier molecular flexibility index (Phi) is 3.44. The second kappa shape index (κ2) is 4.97. The predicted octanol–water partition coefficient (Wildman–Crippen LogP) is 3.42. The zero-order valence-corrected chi connectivity index (χ0v) is 15.3. The number of hydrogen-bond donors (Lipinski definition) is 1. The maximum atomic E-state index is 12.2. The Hall–Kier alpha value is -0.570. The van der Waals surface area contributed by atoms with Crippen LogP contribution in [0.5, 0.6) is 0 Å². The fourth-order valence-electron chi connectivity index (χ4n) is 7.50. The van der Waals surface area contributed by atoms with Crippen molar-refractivity contribution in [2.75, 3.05) is 7.05 Å². The van der Waals surface area contributed by atoms with E-state index in [1.54, 1.807) is 0 Å². The first kappa shape index (κ1) is 15.9. The number of likely N-dealkylation sites (tertiary alicyclic amines) is 1. The second-order valence-electron chi connectivity index (χ2n) is 9.76. The summed E-state index contributed by atoms with van der Waals surface area (Å²) in [5.41, 5.74) is 7.24. The van der Waals surface area contributed by atoms with Crippen LogP contribution in [0.4, 0.5) is 0 Å². The molecule has 0 unspecified atom stereocenters. The van der Waals surface area contributed by atoms with Crippen LogP contribution in [0.1, 0.15) is 65.7 Å². The van der Waals surface area contributed by atoms with Crippen LogP contribution in [0.2, 0.25) is 0 Å². The Balaban J connectivity index is 1.70. The van der Waals surface area contributed by atoms with Gasteiger partial charge >= 0.3 is 0 Å². The highest BCUT2D eigenvalue weighted by Crippen LogP contribution is 2.65. The van der Waals surface area contributed by atoms with Crippen molar-refractivity contribution in [3.05, 3.63) is 0 Å². The van der Waals surface area contributed by atoms with Gasteiger partial charge in [0, 0.05) is 25.6 Å². The topological polar surface area (TPSA) is 46.3 Å². The Labute approximate surface area is 141 Å². The molecular weight excluding hydrogens is 284 g/mol. The molecule has 0 spiro atoms. The number of nitrogens with two attached hydrogens (primary N) is 1. The summed E-state index contributed by atoms with van der Waals surface area (Å²) in [5, 5.41) is 0. The Morgan fingerprint density at radius 1 is 1.09 bits per heavy atom. The normalized spacial score (nSPS) is 56.0. The number of carbonyl (C=O) groups is 1. The lowest BCUT2D eigenvalue weighted by Crippen LogP contribution is -2.63.